The van der Waals surface area contributed by atoms with Crippen LogP contribution in [0.5, 0.6) is 11.5 Å². The number of nitrogens with one attached hydrogen (secondary N) is 1. The molecule has 2 aliphatic rings. The Bertz CT molecular complexity index is 916. The molecule has 6 nitrogen and oxygen atoms in total. The predicted octanol–water partition coefficient (Wildman–Crippen LogP) is 3.65. The van der Waals surface area contributed by atoms with Crippen molar-refractivity contribution in [1.82, 2.24) is 10.2 Å². The van der Waals surface area contributed by atoms with Crippen molar-refractivity contribution in [3.63, 3.8) is 0 Å². The molecule has 2 aromatic carbocycles. The third kappa shape index (κ3) is 4.97. The quantitative estimate of drug-likeness (QED) is 0.673. The second-order valence-corrected chi connectivity index (χ2v) is 8.40. The summed E-state index contributed by atoms with van der Waals surface area (Å²) in [6, 6.07) is 13.8. The summed E-state index contributed by atoms with van der Waals surface area (Å²) in [5.74, 6) is 1.65. The molecule has 0 aromatic heterocycles. The van der Waals surface area contributed by atoms with Gasteiger partial charge in [-0.15, -0.1) is 0 Å². The molecule has 1 N–H and O–H groups in total. The maximum absolute atomic E-state index is 12.9. The van der Waals surface area contributed by atoms with Gasteiger partial charge in [0.2, 0.25) is 5.91 Å². The second kappa shape index (κ2) is 9.90. The number of ether oxygens (including phenoxy) is 3. The largest absolute Gasteiger partial charge is 0.493 e. The van der Waals surface area contributed by atoms with E-state index in [4.69, 9.17) is 25.8 Å². The zero-order valence-electron chi connectivity index (χ0n) is 18.0. The molecular weight excluding hydrogens is 416 g/mol. The highest BCUT2D eigenvalue weighted by molar-refractivity contribution is 6.31. The maximum Gasteiger partial charge on any atom is 0.223 e. The summed E-state index contributed by atoms with van der Waals surface area (Å²) in [5.41, 5.74) is 2.15. The van der Waals surface area contributed by atoms with Crippen LogP contribution in [0, 0.1) is 5.92 Å². The number of nitrogens with zero attached hydrogens (tertiary/aromatic N) is 1. The molecule has 2 fully saturated rings. The number of rotatable bonds is 8. The van der Waals surface area contributed by atoms with Crippen LogP contribution in [0.3, 0.4) is 0 Å². The fourth-order valence-corrected chi connectivity index (χ4v) is 4.62. The van der Waals surface area contributed by atoms with E-state index in [1.165, 1.54) is 0 Å². The summed E-state index contributed by atoms with van der Waals surface area (Å²) in [4.78, 5) is 15.3. The van der Waals surface area contributed by atoms with Crippen molar-refractivity contribution in [2.45, 2.75) is 18.4 Å². The summed E-state index contributed by atoms with van der Waals surface area (Å²) >= 11 is 6.32. The Kier molecular flexibility index (Phi) is 7.00. The van der Waals surface area contributed by atoms with Gasteiger partial charge in [-0.3, -0.25) is 9.69 Å². The fraction of sp³-hybridized carbons (Fsp3) is 0.458. The molecule has 7 heteroatoms. The zero-order valence-corrected chi connectivity index (χ0v) is 18.7. The normalized spacial score (nSPS) is 21.9. The standard InChI is InChI=1S/C24H29ClN2O4/c1-29-22-8-7-16(13-23(22)30-2)21(27-9-11-31-12-10-27)15-26-24(28)19-14-18(19)17-5-3-4-6-20(17)25/h3-8,13,18-19,21H,9-12,14-15H2,1-2H3,(H,26,28). The van der Waals surface area contributed by atoms with Gasteiger partial charge in [-0.25, -0.2) is 0 Å². The summed E-state index contributed by atoms with van der Waals surface area (Å²) in [6.45, 7) is 3.55. The van der Waals surface area contributed by atoms with Crippen LogP contribution in [0.25, 0.3) is 0 Å². The van der Waals surface area contributed by atoms with Gasteiger partial charge in [0.25, 0.3) is 0 Å². The molecule has 1 amide bonds. The van der Waals surface area contributed by atoms with Crippen molar-refractivity contribution in [2.75, 3.05) is 47.1 Å². The second-order valence-electron chi connectivity index (χ2n) is 7.99. The number of hydrogen-bond acceptors (Lipinski definition) is 5. The van der Waals surface area contributed by atoms with E-state index < -0.39 is 0 Å². The molecule has 166 valence electrons. The lowest BCUT2D eigenvalue weighted by Crippen LogP contribution is -2.44. The lowest BCUT2D eigenvalue weighted by Gasteiger charge is -2.35. The van der Waals surface area contributed by atoms with Gasteiger partial charge in [0.15, 0.2) is 11.5 Å². The Morgan fingerprint density at radius 2 is 1.90 bits per heavy atom. The molecule has 1 saturated heterocycles. The molecule has 0 bridgehead atoms. The highest BCUT2D eigenvalue weighted by atomic mass is 35.5. The van der Waals surface area contributed by atoms with Gasteiger partial charge in [-0.2, -0.15) is 0 Å². The van der Waals surface area contributed by atoms with Crippen LogP contribution < -0.4 is 14.8 Å². The maximum atomic E-state index is 12.9. The van der Waals surface area contributed by atoms with Gasteiger partial charge in [-0.05, 0) is 41.7 Å². The van der Waals surface area contributed by atoms with Crippen LogP contribution in [-0.4, -0.2) is 57.9 Å². The average molecular weight is 445 g/mol. The van der Waals surface area contributed by atoms with Gasteiger partial charge >= 0.3 is 0 Å². The molecule has 1 saturated carbocycles. The Hall–Kier alpha value is -2.28. The van der Waals surface area contributed by atoms with E-state index in [-0.39, 0.29) is 23.8 Å². The number of morpholine rings is 1. The molecule has 3 atom stereocenters. The van der Waals surface area contributed by atoms with Crippen LogP contribution in [0.2, 0.25) is 5.02 Å². The highest BCUT2D eigenvalue weighted by Crippen LogP contribution is 2.49. The third-order valence-electron chi connectivity index (χ3n) is 6.18. The van der Waals surface area contributed by atoms with Crippen molar-refractivity contribution in [1.29, 1.82) is 0 Å². The first-order valence-electron chi connectivity index (χ1n) is 10.7. The van der Waals surface area contributed by atoms with Gasteiger partial charge < -0.3 is 19.5 Å². The zero-order chi connectivity index (χ0) is 21.8. The van der Waals surface area contributed by atoms with Crippen molar-refractivity contribution in [3.8, 4) is 11.5 Å². The van der Waals surface area contributed by atoms with Gasteiger partial charge in [0, 0.05) is 30.6 Å². The molecule has 31 heavy (non-hydrogen) atoms. The number of carbonyl (C=O) groups is 1. The van der Waals surface area contributed by atoms with E-state index in [9.17, 15) is 4.79 Å². The van der Waals surface area contributed by atoms with E-state index in [2.05, 4.69) is 10.2 Å². The van der Waals surface area contributed by atoms with Crippen LogP contribution in [-0.2, 0) is 9.53 Å². The van der Waals surface area contributed by atoms with Crippen LogP contribution >= 0.6 is 11.6 Å². The van der Waals surface area contributed by atoms with E-state index in [1.54, 1.807) is 14.2 Å². The molecule has 0 spiro atoms. The first-order valence-corrected chi connectivity index (χ1v) is 11.1. The molecule has 1 heterocycles. The van der Waals surface area contributed by atoms with Crippen molar-refractivity contribution >= 4 is 17.5 Å². The van der Waals surface area contributed by atoms with E-state index >= 15 is 0 Å². The van der Waals surface area contributed by atoms with Crippen LogP contribution in [0.1, 0.15) is 29.5 Å². The van der Waals surface area contributed by atoms with Crippen LogP contribution in [0.15, 0.2) is 42.5 Å². The first-order chi connectivity index (χ1) is 15.1. The number of methoxy groups -OCH3 is 2. The van der Waals surface area contributed by atoms with Crippen molar-refractivity contribution in [2.24, 2.45) is 5.92 Å². The number of halogens is 1. The predicted molar refractivity (Wildman–Crippen MR) is 120 cm³/mol. The van der Waals surface area contributed by atoms with E-state index in [0.29, 0.717) is 31.3 Å². The Balaban J connectivity index is 1.46. The minimum Gasteiger partial charge on any atom is -0.493 e. The Morgan fingerprint density at radius 1 is 1.16 bits per heavy atom. The highest BCUT2D eigenvalue weighted by Gasteiger charge is 2.44. The van der Waals surface area contributed by atoms with Gasteiger partial charge in [-0.1, -0.05) is 35.9 Å². The van der Waals surface area contributed by atoms with Gasteiger partial charge in [0.1, 0.15) is 0 Å². The minimum absolute atomic E-state index is 0.0179. The van der Waals surface area contributed by atoms with Crippen molar-refractivity contribution in [3.05, 3.63) is 58.6 Å². The number of amides is 1. The smallest absolute Gasteiger partial charge is 0.223 e. The summed E-state index contributed by atoms with van der Waals surface area (Å²) in [7, 11) is 3.26. The molecule has 3 unspecified atom stereocenters. The van der Waals surface area contributed by atoms with E-state index in [0.717, 1.165) is 35.7 Å². The number of benzene rings is 2. The summed E-state index contributed by atoms with van der Waals surface area (Å²) in [5, 5.41) is 3.92. The number of carbonyl (C=O) groups excluding carboxylic acids is 1. The molecule has 1 aliphatic heterocycles. The molecular formula is C24H29ClN2O4. The molecule has 0 radical (unpaired) electrons. The number of hydrogen-bond donors (Lipinski definition) is 1. The average Bonchev–Trinajstić information content (AvgIpc) is 3.61. The third-order valence-corrected chi connectivity index (χ3v) is 6.52. The Morgan fingerprint density at radius 3 is 2.61 bits per heavy atom. The topological polar surface area (TPSA) is 60.0 Å². The lowest BCUT2D eigenvalue weighted by atomic mass is 10.0. The SMILES string of the molecule is COc1ccc(C(CNC(=O)C2CC2c2ccccc2Cl)N2CCOCC2)cc1OC. The summed E-state index contributed by atoms with van der Waals surface area (Å²) in [6.07, 6.45) is 0.841. The van der Waals surface area contributed by atoms with Gasteiger partial charge in [0.05, 0.1) is 33.5 Å². The molecule has 1 aliphatic carbocycles. The fourth-order valence-electron chi connectivity index (χ4n) is 4.34. The first kappa shape index (κ1) is 21.9. The summed E-state index contributed by atoms with van der Waals surface area (Å²) < 4.78 is 16.4. The minimum atomic E-state index is -0.0179. The molecule has 2 aromatic rings. The molecule has 4 rings (SSSR count). The van der Waals surface area contributed by atoms with E-state index in [1.807, 2.05) is 42.5 Å². The van der Waals surface area contributed by atoms with Crippen LogP contribution in [0.4, 0.5) is 0 Å². The Labute approximate surface area is 188 Å². The monoisotopic (exact) mass is 444 g/mol. The lowest BCUT2D eigenvalue weighted by molar-refractivity contribution is -0.122. The van der Waals surface area contributed by atoms with Crippen molar-refractivity contribution < 1.29 is 19.0 Å².